The molecule has 22 heavy (non-hydrogen) atoms. The van der Waals surface area contributed by atoms with Gasteiger partial charge in [0.25, 0.3) is 5.91 Å². The highest BCUT2D eigenvalue weighted by molar-refractivity contribution is 5.92. The highest BCUT2D eigenvalue weighted by Crippen LogP contribution is 2.06. The normalized spacial score (nSPS) is 15.8. The second-order valence-corrected chi connectivity index (χ2v) is 5.86. The Kier molecular flexibility index (Phi) is 4.49. The van der Waals surface area contributed by atoms with Gasteiger partial charge >= 0.3 is 0 Å². The molecule has 1 aromatic heterocycles. The van der Waals surface area contributed by atoms with Crippen molar-refractivity contribution in [2.45, 2.75) is 13.5 Å². The SMILES string of the molecule is Cc1ccccc1C[NH+]1CCN(C(=O)c2ccccn2)CC1. The number of aryl methyl sites for hydroxylation is 1. The maximum absolute atomic E-state index is 12.4. The lowest BCUT2D eigenvalue weighted by molar-refractivity contribution is -0.917. The van der Waals surface area contributed by atoms with Crippen LogP contribution in [0.2, 0.25) is 0 Å². The second-order valence-electron chi connectivity index (χ2n) is 5.86. The molecule has 1 saturated heterocycles. The minimum atomic E-state index is 0.0514. The van der Waals surface area contributed by atoms with Crippen LogP contribution in [-0.2, 0) is 6.54 Å². The van der Waals surface area contributed by atoms with Gasteiger partial charge in [-0.15, -0.1) is 0 Å². The lowest BCUT2D eigenvalue weighted by atomic mass is 10.1. The summed E-state index contributed by atoms with van der Waals surface area (Å²) in [5.41, 5.74) is 3.30. The number of aromatic nitrogens is 1. The number of piperazine rings is 1. The number of hydrogen-bond acceptors (Lipinski definition) is 2. The largest absolute Gasteiger partial charge is 0.328 e. The standard InChI is InChI=1S/C18H21N3O/c1-15-6-2-3-7-16(15)14-20-10-12-21(13-11-20)18(22)17-8-4-5-9-19-17/h2-9H,10-14H2,1H3/p+1. The zero-order valence-electron chi connectivity index (χ0n) is 13.0. The lowest BCUT2D eigenvalue weighted by Gasteiger charge is -2.32. The van der Waals surface area contributed by atoms with Gasteiger partial charge in [-0.3, -0.25) is 9.78 Å². The summed E-state index contributed by atoms with van der Waals surface area (Å²) in [5.74, 6) is 0.0514. The van der Waals surface area contributed by atoms with Gasteiger partial charge in [-0.1, -0.05) is 30.3 Å². The Bertz CT molecular complexity index is 634. The number of benzene rings is 1. The Morgan fingerprint density at radius 1 is 1.14 bits per heavy atom. The number of rotatable bonds is 3. The van der Waals surface area contributed by atoms with Crippen LogP contribution in [0.15, 0.2) is 48.7 Å². The van der Waals surface area contributed by atoms with Crippen molar-refractivity contribution < 1.29 is 9.69 Å². The molecular weight excluding hydrogens is 274 g/mol. The van der Waals surface area contributed by atoms with Crippen molar-refractivity contribution >= 4 is 5.91 Å². The number of quaternary nitrogens is 1. The minimum Gasteiger partial charge on any atom is -0.328 e. The maximum atomic E-state index is 12.4. The van der Waals surface area contributed by atoms with E-state index >= 15 is 0 Å². The van der Waals surface area contributed by atoms with Gasteiger partial charge in [0.1, 0.15) is 12.2 Å². The first-order chi connectivity index (χ1) is 10.7. The highest BCUT2D eigenvalue weighted by atomic mass is 16.2. The number of pyridine rings is 1. The van der Waals surface area contributed by atoms with E-state index in [0.29, 0.717) is 5.69 Å². The maximum Gasteiger partial charge on any atom is 0.272 e. The van der Waals surface area contributed by atoms with Gasteiger partial charge in [0, 0.05) is 11.8 Å². The minimum absolute atomic E-state index is 0.0514. The molecule has 4 nitrogen and oxygen atoms in total. The number of carbonyl (C=O) groups is 1. The molecule has 3 rings (SSSR count). The molecule has 2 heterocycles. The molecule has 0 saturated carbocycles. The van der Waals surface area contributed by atoms with Gasteiger partial charge in [-0.2, -0.15) is 0 Å². The van der Waals surface area contributed by atoms with Crippen molar-refractivity contribution in [2.24, 2.45) is 0 Å². The van der Waals surface area contributed by atoms with E-state index in [1.807, 2.05) is 17.0 Å². The molecule has 1 aliphatic heterocycles. The second kappa shape index (κ2) is 6.71. The summed E-state index contributed by atoms with van der Waals surface area (Å²) in [6, 6.07) is 14.0. The number of carbonyl (C=O) groups excluding carboxylic acids is 1. The van der Waals surface area contributed by atoms with Crippen molar-refractivity contribution in [2.75, 3.05) is 26.2 Å². The quantitative estimate of drug-likeness (QED) is 0.915. The molecule has 4 heteroatoms. The number of amides is 1. The van der Waals surface area contributed by atoms with Crippen LogP contribution < -0.4 is 4.90 Å². The zero-order valence-corrected chi connectivity index (χ0v) is 13.0. The first kappa shape index (κ1) is 14.7. The Labute approximate surface area is 131 Å². The molecule has 1 N–H and O–H groups in total. The van der Waals surface area contributed by atoms with Gasteiger partial charge in [-0.05, 0) is 24.6 Å². The highest BCUT2D eigenvalue weighted by Gasteiger charge is 2.25. The van der Waals surface area contributed by atoms with E-state index in [-0.39, 0.29) is 5.91 Å². The third-order valence-electron chi connectivity index (χ3n) is 4.34. The summed E-state index contributed by atoms with van der Waals surface area (Å²) in [6.45, 7) is 6.79. The molecular formula is C18H22N3O+. The molecule has 1 aromatic carbocycles. The van der Waals surface area contributed by atoms with Crippen LogP contribution >= 0.6 is 0 Å². The van der Waals surface area contributed by atoms with E-state index in [1.54, 1.807) is 17.2 Å². The van der Waals surface area contributed by atoms with E-state index in [1.165, 1.54) is 11.1 Å². The van der Waals surface area contributed by atoms with Crippen LogP contribution in [0.3, 0.4) is 0 Å². The molecule has 114 valence electrons. The van der Waals surface area contributed by atoms with Crippen molar-refractivity contribution in [1.29, 1.82) is 0 Å². The molecule has 0 unspecified atom stereocenters. The van der Waals surface area contributed by atoms with E-state index in [4.69, 9.17) is 0 Å². The first-order valence-electron chi connectivity index (χ1n) is 7.82. The lowest BCUT2D eigenvalue weighted by Crippen LogP contribution is -3.13. The smallest absolute Gasteiger partial charge is 0.272 e. The molecule has 0 bridgehead atoms. The Balaban J connectivity index is 1.57. The van der Waals surface area contributed by atoms with Crippen LogP contribution in [0.25, 0.3) is 0 Å². The Hall–Kier alpha value is -2.20. The predicted octanol–water partition coefficient (Wildman–Crippen LogP) is 0.931. The van der Waals surface area contributed by atoms with Gasteiger partial charge in [-0.25, -0.2) is 0 Å². The Morgan fingerprint density at radius 2 is 1.86 bits per heavy atom. The average Bonchev–Trinajstić information content (AvgIpc) is 2.58. The van der Waals surface area contributed by atoms with Crippen molar-refractivity contribution in [3.8, 4) is 0 Å². The van der Waals surface area contributed by atoms with Crippen LogP contribution in [0, 0.1) is 6.92 Å². The van der Waals surface area contributed by atoms with Crippen LogP contribution in [0.4, 0.5) is 0 Å². The van der Waals surface area contributed by atoms with E-state index in [9.17, 15) is 4.79 Å². The number of nitrogens with zero attached hydrogens (tertiary/aromatic N) is 2. The summed E-state index contributed by atoms with van der Waals surface area (Å²) < 4.78 is 0. The van der Waals surface area contributed by atoms with Gasteiger partial charge in [0.05, 0.1) is 26.2 Å². The van der Waals surface area contributed by atoms with Gasteiger partial charge in [0.2, 0.25) is 0 Å². The molecule has 2 aromatic rings. The zero-order chi connectivity index (χ0) is 15.4. The summed E-state index contributed by atoms with van der Waals surface area (Å²) in [6.07, 6.45) is 1.67. The molecule has 1 aliphatic rings. The fourth-order valence-electron chi connectivity index (χ4n) is 2.93. The topological polar surface area (TPSA) is 37.6 Å². The first-order valence-corrected chi connectivity index (χ1v) is 7.82. The monoisotopic (exact) mass is 296 g/mol. The fraction of sp³-hybridized carbons (Fsp3) is 0.333. The summed E-state index contributed by atoms with van der Waals surface area (Å²) in [4.78, 5) is 20.0. The van der Waals surface area contributed by atoms with E-state index in [2.05, 4.69) is 36.2 Å². The van der Waals surface area contributed by atoms with E-state index in [0.717, 1.165) is 32.7 Å². The van der Waals surface area contributed by atoms with Crippen LogP contribution in [0.1, 0.15) is 21.6 Å². The summed E-state index contributed by atoms with van der Waals surface area (Å²) >= 11 is 0. The van der Waals surface area contributed by atoms with Crippen LogP contribution in [0.5, 0.6) is 0 Å². The number of hydrogen-bond donors (Lipinski definition) is 1. The Morgan fingerprint density at radius 3 is 2.55 bits per heavy atom. The third kappa shape index (κ3) is 3.34. The van der Waals surface area contributed by atoms with Crippen molar-refractivity contribution in [3.05, 3.63) is 65.5 Å². The summed E-state index contributed by atoms with van der Waals surface area (Å²) in [7, 11) is 0. The van der Waals surface area contributed by atoms with Gasteiger partial charge in [0.15, 0.2) is 0 Å². The van der Waals surface area contributed by atoms with Crippen molar-refractivity contribution in [1.82, 2.24) is 9.88 Å². The number of nitrogens with one attached hydrogen (secondary N) is 1. The third-order valence-corrected chi connectivity index (χ3v) is 4.34. The van der Waals surface area contributed by atoms with E-state index < -0.39 is 0 Å². The molecule has 1 amide bonds. The average molecular weight is 296 g/mol. The molecule has 0 aliphatic carbocycles. The molecule has 0 spiro atoms. The molecule has 1 fully saturated rings. The summed E-state index contributed by atoms with van der Waals surface area (Å²) in [5, 5.41) is 0. The predicted molar refractivity (Wildman–Crippen MR) is 85.7 cm³/mol. The fourth-order valence-corrected chi connectivity index (χ4v) is 2.93. The van der Waals surface area contributed by atoms with Gasteiger partial charge < -0.3 is 9.80 Å². The van der Waals surface area contributed by atoms with Crippen molar-refractivity contribution in [3.63, 3.8) is 0 Å². The molecule has 0 radical (unpaired) electrons. The molecule has 0 atom stereocenters. The van der Waals surface area contributed by atoms with Crippen LogP contribution in [-0.4, -0.2) is 42.0 Å².